The van der Waals surface area contributed by atoms with Crippen molar-refractivity contribution in [1.29, 1.82) is 0 Å². The molecule has 0 aliphatic rings. The van der Waals surface area contributed by atoms with Gasteiger partial charge in [0.15, 0.2) is 11.6 Å². The number of carbonyl (C=O) groups is 1. The Morgan fingerprint density at radius 3 is 3.09 bits per heavy atom. The molecule has 0 saturated heterocycles. The van der Waals surface area contributed by atoms with Crippen LogP contribution >= 0.6 is 11.8 Å². The fourth-order valence-electron chi connectivity index (χ4n) is 2.23. The SMILES string of the molecule is CSCC[C@H](N)C(=O)Nc1ccc2nc(-c3ccco3)[nH]c2c1. The second-order valence-corrected chi connectivity index (χ2v) is 6.16. The van der Waals surface area contributed by atoms with Crippen molar-refractivity contribution in [1.82, 2.24) is 9.97 Å². The summed E-state index contributed by atoms with van der Waals surface area (Å²) < 4.78 is 5.33. The Hall–Kier alpha value is -2.25. The topological polar surface area (TPSA) is 96.9 Å². The van der Waals surface area contributed by atoms with Gasteiger partial charge in [0.2, 0.25) is 5.91 Å². The van der Waals surface area contributed by atoms with Crippen LogP contribution in [0.1, 0.15) is 6.42 Å². The molecule has 0 fully saturated rings. The van der Waals surface area contributed by atoms with Crippen LogP contribution in [-0.2, 0) is 4.79 Å². The number of amides is 1. The van der Waals surface area contributed by atoms with Crippen molar-refractivity contribution in [3.8, 4) is 11.6 Å². The van der Waals surface area contributed by atoms with Crippen molar-refractivity contribution < 1.29 is 9.21 Å². The van der Waals surface area contributed by atoms with E-state index in [1.807, 2.05) is 36.6 Å². The molecule has 0 spiro atoms. The van der Waals surface area contributed by atoms with Crippen LogP contribution in [0.2, 0.25) is 0 Å². The van der Waals surface area contributed by atoms with E-state index in [1.54, 1.807) is 18.0 Å². The number of thioether (sulfide) groups is 1. The summed E-state index contributed by atoms with van der Waals surface area (Å²) in [4.78, 5) is 19.7. The lowest BCUT2D eigenvalue weighted by Gasteiger charge is -2.11. The Kier molecular flexibility index (Phi) is 4.68. The van der Waals surface area contributed by atoms with Crippen molar-refractivity contribution >= 4 is 34.4 Å². The van der Waals surface area contributed by atoms with Crippen LogP contribution in [-0.4, -0.2) is 33.9 Å². The number of hydrogen-bond donors (Lipinski definition) is 3. The van der Waals surface area contributed by atoms with E-state index in [2.05, 4.69) is 15.3 Å². The van der Waals surface area contributed by atoms with Crippen molar-refractivity contribution in [3.05, 3.63) is 36.6 Å². The lowest BCUT2D eigenvalue weighted by Crippen LogP contribution is -2.36. The van der Waals surface area contributed by atoms with Crippen LogP contribution in [0.15, 0.2) is 41.0 Å². The molecule has 0 radical (unpaired) electrons. The normalized spacial score (nSPS) is 12.4. The van der Waals surface area contributed by atoms with Crippen LogP contribution in [0.25, 0.3) is 22.6 Å². The minimum Gasteiger partial charge on any atom is -0.461 e. The minimum absolute atomic E-state index is 0.177. The molecule has 0 unspecified atom stereocenters. The van der Waals surface area contributed by atoms with E-state index in [4.69, 9.17) is 10.2 Å². The number of nitrogens with zero attached hydrogens (tertiary/aromatic N) is 1. The summed E-state index contributed by atoms with van der Waals surface area (Å²) in [5.41, 5.74) is 8.20. The average molecular weight is 330 g/mol. The van der Waals surface area contributed by atoms with E-state index in [-0.39, 0.29) is 5.91 Å². The zero-order valence-corrected chi connectivity index (χ0v) is 13.5. The van der Waals surface area contributed by atoms with Gasteiger partial charge in [0, 0.05) is 5.69 Å². The highest BCUT2D eigenvalue weighted by Gasteiger charge is 2.14. The third-order valence-electron chi connectivity index (χ3n) is 3.47. The van der Waals surface area contributed by atoms with Gasteiger partial charge in [0.05, 0.1) is 23.3 Å². The van der Waals surface area contributed by atoms with Gasteiger partial charge in [-0.2, -0.15) is 11.8 Å². The van der Waals surface area contributed by atoms with Gasteiger partial charge < -0.3 is 20.5 Å². The number of rotatable bonds is 6. The van der Waals surface area contributed by atoms with E-state index in [9.17, 15) is 4.79 Å². The van der Waals surface area contributed by atoms with Crippen LogP contribution in [0.3, 0.4) is 0 Å². The second kappa shape index (κ2) is 6.89. The van der Waals surface area contributed by atoms with Gasteiger partial charge in [0.25, 0.3) is 0 Å². The van der Waals surface area contributed by atoms with Gasteiger partial charge in [-0.25, -0.2) is 4.98 Å². The molecule has 3 rings (SSSR count). The van der Waals surface area contributed by atoms with Gasteiger partial charge in [-0.15, -0.1) is 0 Å². The standard InChI is InChI=1S/C16H18N4O2S/c1-23-8-6-11(17)16(21)18-10-4-5-12-13(9-10)20-15(19-12)14-3-2-7-22-14/h2-5,7,9,11H,6,8,17H2,1H3,(H,18,21)(H,19,20)/t11-/m0/s1. The van der Waals surface area contributed by atoms with E-state index < -0.39 is 6.04 Å². The Balaban J connectivity index is 1.76. The van der Waals surface area contributed by atoms with E-state index in [0.717, 1.165) is 16.8 Å². The number of anilines is 1. The van der Waals surface area contributed by atoms with Crippen LogP contribution in [0.4, 0.5) is 5.69 Å². The number of furan rings is 1. The number of carbonyl (C=O) groups excluding carboxylic acids is 1. The predicted octanol–water partition coefficient (Wildman–Crippen LogP) is 2.84. The molecular formula is C16H18N4O2S. The third-order valence-corrected chi connectivity index (χ3v) is 4.12. The first-order chi connectivity index (χ1) is 11.2. The Morgan fingerprint density at radius 2 is 2.35 bits per heavy atom. The lowest BCUT2D eigenvalue weighted by molar-refractivity contribution is -0.117. The molecule has 1 atom stereocenters. The van der Waals surface area contributed by atoms with Crippen molar-refractivity contribution in [3.63, 3.8) is 0 Å². The number of nitrogens with one attached hydrogen (secondary N) is 2. The molecule has 3 aromatic rings. The maximum absolute atomic E-state index is 12.1. The maximum atomic E-state index is 12.1. The summed E-state index contributed by atoms with van der Waals surface area (Å²) in [6.45, 7) is 0. The lowest BCUT2D eigenvalue weighted by atomic mass is 10.2. The smallest absolute Gasteiger partial charge is 0.241 e. The fraction of sp³-hybridized carbons (Fsp3) is 0.250. The fourth-order valence-corrected chi connectivity index (χ4v) is 2.72. The number of nitrogens with two attached hydrogens (primary N) is 1. The van der Waals surface area contributed by atoms with Gasteiger partial charge in [0.1, 0.15) is 0 Å². The number of H-pyrrole nitrogens is 1. The highest BCUT2D eigenvalue weighted by molar-refractivity contribution is 7.98. The molecule has 23 heavy (non-hydrogen) atoms. The largest absolute Gasteiger partial charge is 0.461 e. The zero-order valence-electron chi connectivity index (χ0n) is 12.7. The molecule has 1 amide bonds. The second-order valence-electron chi connectivity index (χ2n) is 5.17. The highest BCUT2D eigenvalue weighted by atomic mass is 32.2. The summed E-state index contributed by atoms with van der Waals surface area (Å²) in [6, 6.07) is 8.65. The molecule has 7 heteroatoms. The predicted molar refractivity (Wildman–Crippen MR) is 93.4 cm³/mol. The molecule has 0 saturated carbocycles. The van der Waals surface area contributed by atoms with E-state index >= 15 is 0 Å². The number of imidazole rings is 1. The quantitative estimate of drug-likeness (QED) is 0.646. The zero-order chi connectivity index (χ0) is 16.2. The first-order valence-electron chi connectivity index (χ1n) is 7.26. The monoisotopic (exact) mass is 330 g/mol. The molecule has 0 aliphatic heterocycles. The summed E-state index contributed by atoms with van der Waals surface area (Å²) in [5, 5.41) is 2.84. The molecule has 0 bridgehead atoms. The Morgan fingerprint density at radius 1 is 1.48 bits per heavy atom. The van der Waals surface area contributed by atoms with Gasteiger partial charge in [-0.1, -0.05) is 0 Å². The molecule has 1 aromatic carbocycles. The van der Waals surface area contributed by atoms with Crippen LogP contribution < -0.4 is 11.1 Å². The third kappa shape index (κ3) is 3.57. The number of aromatic nitrogens is 2. The molecule has 0 aliphatic carbocycles. The summed E-state index contributed by atoms with van der Waals surface area (Å²) in [6.07, 6.45) is 4.25. The molecule has 2 heterocycles. The summed E-state index contributed by atoms with van der Waals surface area (Å²) in [7, 11) is 0. The van der Waals surface area contributed by atoms with Gasteiger partial charge >= 0.3 is 0 Å². The average Bonchev–Trinajstić information content (AvgIpc) is 3.20. The minimum atomic E-state index is -0.501. The van der Waals surface area contributed by atoms with Crippen LogP contribution in [0, 0.1) is 0 Å². The van der Waals surface area contributed by atoms with Crippen LogP contribution in [0.5, 0.6) is 0 Å². The Labute approximate surface area is 137 Å². The first-order valence-corrected chi connectivity index (χ1v) is 8.66. The summed E-state index contributed by atoms with van der Waals surface area (Å²) in [5.74, 6) is 2.01. The van der Waals surface area contributed by atoms with Gasteiger partial charge in [-0.3, -0.25) is 4.79 Å². The van der Waals surface area contributed by atoms with Crippen molar-refractivity contribution in [2.45, 2.75) is 12.5 Å². The molecule has 4 N–H and O–H groups in total. The van der Waals surface area contributed by atoms with Crippen molar-refractivity contribution in [2.24, 2.45) is 5.73 Å². The maximum Gasteiger partial charge on any atom is 0.241 e. The number of aromatic amines is 1. The highest BCUT2D eigenvalue weighted by Crippen LogP contribution is 2.23. The molecule has 120 valence electrons. The number of fused-ring (bicyclic) bond motifs is 1. The number of benzene rings is 1. The van der Waals surface area contributed by atoms with E-state index in [1.165, 1.54) is 0 Å². The summed E-state index contributed by atoms with van der Waals surface area (Å²) >= 11 is 1.67. The number of hydrogen-bond acceptors (Lipinski definition) is 5. The molecule has 6 nitrogen and oxygen atoms in total. The molecule has 2 aromatic heterocycles. The Bertz CT molecular complexity index is 798. The van der Waals surface area contributed by atoms with E-state index in [0.29, 0.717) is 23.7 Å². The molecular weight excluding hydrogens is 312 g/mol. The van der Waals surface area contributed by atoms with Crippen molar-refractivity contribution in [2.75, 3.05) is 17.3 Å². The first kappa shape index (κ1) is 15.6. The van der Waals surface area contributed by atoms with Gasteiger partial charge in [-0.05, 0) is 48.8 Å².